The van der Waals surface area contributed by atoms with Crippen molar-refractivity contribution in [3.8, 4) is 0 Å². The number of rotatable bonds is 15. The maximum atomic E-state index is 15.1. The molecule has 1 N–H and O–H groups in total. The first-order valence-corrected chi connectivity index (χ1v) is 18.8. The molecule has 0 aliphatic carbocycles. The van der Waals surface area contributed by atoms with Crippen LogP contribution in [0.25, 0.3) is 0 Å². The molecule has 7 atom stereocenters. The number of anilines is 2. The van der Waals surface area contributed by atoms with Crippen molar-refractivity contribution in [2.75, 3.05) is 42.6 Å². The molecule has 2 aromatic rings. The molecule has 0 radical (unpaired) electrons. The number of aliphatic hydroxyl groups is 1. The van der Waals surface area contributed by atoms with E-state index in [0.29, 0.717) is 25.2 Å². The van der Waals surface area contributed by atoms with Gasteiger partial charge in [0, 0.05) is 54.2 Å². The number of amides is 3. The predicted octanol–water partition coefficient (Wildman–Crippen LogP) is 5.75. The number of aliphatic hydroxyl groups excluding tert-OH is 1. The number of hydrogen-bond acceptors (Lipinski definition) is 6. The monoisotopic (exact) mass is 736 g/mol. The number of fused-ring (bicyclic) bond motifs is 1. The van der Waals surface area contributed by atoms with Crippen LogP contribution in [0.3, 0.4) is 0 Å². The van der Waals surface area contributed by atoms with Crippen molar-refractivity contribution >= 4 is 56.8 Å². The number of alkyl halides is 1. The number of benzene rings is 2. The Kier molecular flexibility index (Phi) is 11.5. The van der Waals surface area contributed by atoms with Crippen molar-refractivity contribution in [1.29, 1.82) is 0 Å². The van der Waals surface area contributed by atoms with Crippen molar-refractivity contribution in [2.45, 2.75) is 67.6 Å². The van der Waals surface area contributed by atoms with Gasteiger partial charge in [-0.2, -0.15) is 0 Å². The minimum absolute atomic E-state index is 0.0640. The number of thioether (sulfide) groups is 1. The molecule has 0 aromatic heterocycles. The summed E-state index contributed by atoms with van der Waals surface area (Å²) in [6, 6.07) is 16.3. The fourth-order valence-electron chi connectivity index (χ4n) is 8.04. The van der Waals surface area contributed by atoms with Gasteiger partial charge in [0.2, 0.25) is 11.8 Å². The molecule has 48 heavy (non-hydrogen) atoms. The van der Waals surface area contributed by atoms with Crippen LogP contribution < -0.4 is 9.80 Å². The fourth-order valence-corrected chi connectivity index (χ4v) is 11.6. The number of likely N-dealkylation sites (tertiary alicyclic amines) is 1. The lowest BCUT2D eigenvalue weighted by Crippen LogP contribution is -2.59. The smallest absolute Gasteiger partial charge is 0.251 e. The Morgan fingerprint density at radius 2 is 1.65 bits per heavy atom. The Bertz CT molecular complexity index is 1490. The van der Waals surface area contributed by atoms with E-state index < -0.39 is 28.7 Å². The van der Waals surface area contributed by atoms with E-state index >= 15 is 4.79 Å². The van der Waals surface area contributed by atoms with Crippen molar-refractivity contribution in [2.24, 2.45) is 17.8 Å². The summed E-state index contributed by atoms with van der Waals surface area (Å²) in [5.41, 5.74) is 2.78. The number of nitrogens with zero attached hydrogens (tertiary/aromatic N) is 4. The van der Waals surface area contributed by atoms with Gasteiger partial charge in [-0.3, -0.25) is 14.4 Å². The largest absolute Gasteiger partial charge is 0.394 e. The van der Waals surface area contributed by atoms with Crippen LogP contribution in [-0.4, -0.2) is 92.3 Å². The van der Waals surface area contributed by atoms with Gasteiger partial charge in [-0.1, -0.05) is 72.3 Å². The zero-order chi connectivity index (χ0) is 34.7. The summed E-state index contributed by atoms with van der Waals surface area (Å²) >= 11 is 5.52. The first-order valence-electron chi connectivity index (χ1n) is 17.0. The van der Waals surface area contributed by atoms with Gasteiger partial charge in [-0.05, 0) is 56.0 Å². The van der Waals surface area contributed by atoms with Crippen LogP contribution in [0.4, 0.5) is 11.4 Å². The van der Waals surface area contributed by atoms with E-state index in [1.165, 1.54) is 0 Å². The summed E-state index contributed by atoms with van der Waals surface area (Å²) in [5, 5.41) is 10.5. The second-order valence-corrected chi connectivity index (χ2v) is 16.0. The molecule has 3 saturated heterocycles. The zero-order valence-corrected chi connectivity index (χ0v) is 30.9. The highest BCUT2D eigenvalue weighted by molar-refractivity contribution is 9.09. The van der Waals surface area contributed by atoms with Crippen molar-refractivity contribution < 1.29 is 19.5 Å². The highest BCUT2D eigenvalue weighted by Crippen LogP contribution is 2.68. The van der Waals surface area contributed by atoms with Crippen LogP contribution in [0.2, 0.25) is 0 Å². The van der Waals surface area contributed by atoms with Crippen molar-refractivity contribution in [1.82, 2.24) is 9.80 Å². The van der Waals surface area contributed by atoms with Gasteiger partial charge < -0.3 is 24.7 Å². The quantitative estimate of drug-likeness (QED) is 0.185. The van der Waals surface area contributed by atoms with Crippen LogP contribution in [0.5, 0.6) is 0 Å². The van der Waals surface area contributed by atoms with Gasteiger partial charge in [-0.25, -0.2) is 0 Å². The average molecular weight is 738 g/mol. The van der Waals surface area contributed by atoms with Crippen LogP contribution >= 0.6 is 27.7 Å². The summed E-state index contributed by atoms with van der Waals surface area (Å²) in [6.45, 7) is 18.5. The lowest BCUT2D eigenvalue weighted by molar-refractivity contribution is -0.146. The maximum Gasteiger partial charge on any atom is 0.251 e. The first kappa shape index (κ1) is 36.2. The molecule has 10 heteroatoms. The lowest BCUT2D eigenvalue weighted by Gasteiger charge is -2.41. The molecule has 3 heterocycles. The summed E-state index contributed by atoms with van der Waals surface area (Å²) in [4.78, 5) is 51.9. The SMILES string of the molecule is C=CCN(Cc1ccccc1)C(=O)[C@H]1[C@H]2C(=O)N([C@@H](CO)C(C)C)C(C(=O)N(CC=C)c3ccc(N(CC)CC)cc3)C23CC(Br)[C@@H]1S3. The van der Waals surface area contributed by atoms with Crippen molar-refractivity contribution in [3.05, 3.63) is 85.5 Å². The summed E-state index contributed by atoms with van der Waals surface area (Å²) in [5.74, 6) is -1.98. The van der Waals surface area contributed by atoms with E-state index in [2.05, 4.69) is 47.8 Å². The molecular weight excluding hydrogens is 688 g/mol. The first-order chi connectivity index (χ1) is 23.1. The highest BCUT2D eigenvalue weighted by Gasteiger charge is 2.76. The van der Waals surface area contributed by atoms with Gasteiger partial charge in [0.15, 0.2) is 0 Å². The van der Waals surface area contributed by atoms with E-state index in [1.54, 1.807) is 38.6 Å². The molecule has 3 aliphatic rings. The molecule has 0 saturated carbocycles. The molecule has 5 rings (SSSR count). The molecule has 3 amide bonds. The number of carbonyl (C=O) groups excluding carboxylic acids is 3. The molecule has 3 unspecified atom stereocenters. The van der Waals surface area contributed by atoms with Gasteiger partial charge >= 0.3 is 0 Å². The fraction of sp³-hybridized carbons (Fsp3) is 0.500. The van der Waals surface area contributed by atoms with E-state index in [-0.39, 0.29) is 46.9 Å². The minimum Gasteiger partial charge on any atom is -0.394 e. The highest BCUT2D eigenvalue weighted by atomic mass is 79.9. The summed E-state index contributed by atoms with van der Waals surface area (Å²) in [7, 11) is 0. The normalized spacial score (nSPS) is 26.4. The third kappa shape index (κ3) is 6.36. The van der Waals surface area contributed by atoms with E-state index in [1.807, 2.05) is 68.4 Å². The predicted molar refractivity (Wildman–Crippen MR) is 199 cm³/mol. The van der Waals surface area contributed by atoms with Gasteiger partial charge in [0.1, 0.15) is 6.04 Å². The number of hydrogen-bond donors (Lipinski definition) is 1. The molecule has 3 fully saturated rings. The van der Waals surface area contributed by atoms with Gasteiger partial charge in [0.05, 0.1) is 29.2 Å². The third-order valence-corrected chi connectivity index (χ3v) is 13.5. The van der Waals surface area contributed by atoms with Crippen molar-refractivity contribution in [3.63, 3.8) is 0 Å². The van der Waals surface area contributed by atoms with E-state index in [4.69, 9.17) is 0 Å². The Hall–Kier alpha value is -3.08. The molecular formula is C38H49BrN4O4S. The zero-order valence-electron chi connectivity index (χ0n) is 28.5. The van der Waals surface area contributed by atoms with E-state index in [9.17, 15) is 14.7 Å². The summed E-state index contributed by atoms with van der Waals surface area (Å²) in [6.07, 6.45) is 3.99. The molecule has 2 aromatic carbocycles. The Morgan fingerprint density at radius 3 is 2.21 bits per heavy atom. The second-order valence-electron chi connectivity index (χ2n) is 13.3. The van der Waals surface area contributed by atoms with Gasteiger partial charge in [-0.15, -0.1) is 24.9 Å². The summed E-state index contributed by atoms with van der Waals surface area (Å²) < 4.78 is -0.844. The standard InChI is InChI=1S/C38H49BrN4O4S/c1-7-20-41(23-26-14-12-11-13-15-26)35(45)31-32-36(46)43(30(24-44)25(5)6)34(38(32)22-29(39)33(31)48-38)37(47)42(21-8-2)28-18-16-27(17-19-28)40(9-3)10-4/h7-8,11-19,25,29-34,44H,1-2,9-10,20-24H2,3-6H3/t29?,30-,31-,32-,33-,34?,38?/m0/s1. The molecule has 1 spiro atoms. The molecule has 2 bridgehead atoms. The average Bonchev–Trinajstić information content (AvgIpc) is 3.68. The third-order valence-electron chi connectivity index (χ3n) is 10.3. The molecule has 258 valence electrons. The lowest BCUT2D eigenvalue weighted by atomic mass is 9.70. The minimum atomic E-state index is -0.869. The number of halogens is 1. The second kappa shape index (κ2) is 15.2. The maximum absolute atomic E-state index is 15.1. The van der Waals surface area contributed by atoms with Crippen LogP contribution in [0, 0.1) is 17.8 Å². The molecule has 3 aliphatic heterocycles. The van der Waals surface area contributed by atoms with Crippen LogP contribution in [-0.2, 0) is 20.9 Å². The van der Waals surface area contributed by atoms with Gasteiger partial charge in [0.25, 0.3) is 5.91 Å². The topological polar surface area (TPSA) is 84.4 Å². The van der Waals surface area contributed by atoms with Crippen LogP contribution in [0.15, 0.2) is 79.9 Å². The molecule has 8 nitrogen and oxygen atoms in total. The Morgan fingerprint density at radius 1 is 1.02 bits per heavy atom. The number of carbonyl (C=O) groups is 3. The van der Waals surface area contributed by atoms with E-state index in [0.717, 1.165) is 24.3 Å². The Labute approximate surface area is 298 Å². The van der Waals surface area contributed by atoms with Crippen LogP contribution in [0.1, 0.15) is 39.7 Å². The Balaban J connectivity index is 1.58.